The molecule has 0 fully saturated rings. The van der Waals surface area contributed by atoms with E-state index >= 15 is 0 Å². The van der Waals surface area contributed by atoms with Crippen molar-refractivity contribution in [3.05, 3.63) is 34.2 Å². The van der Waals surface area contributed by atoms with Gasteiger partial charge in [0.05, 0.1) is 7.11 Å². The molecule has 0 aromatic heterocycles. The minimum absolute atomic E-state index is 0.485. The van der Waals surface area contributed by atoms with Gasteiger partial charge in [-0.1, -0.05) is 11.6 Å². The van der Waals surface area contributed by atoms with E-state index in [4.69, 9.17) is 27.0 Å². The lowest BCUT2D eigenvalue weighted by Crippen LogP contribution is -1.87. The van der Waals surface area contributed by atoms with Crippen molar-refractivity contribution >= 4 is 37.4 Å². The SMILES string of the molecule is COc1cc(Cl)ccc1/C=C/S(=O)(=O)Cl. The first-order chi connectivity index (χ1) is 6.92. The highest BCUT2D eigenvalue weighted by atomic mass is 35.7. The zero-order valence-electron chi connectivity index (χ0n) is 7.78. The van der Waals surface area contributed by atoms with E-state index in [1.54, 1.807) is 18.2 Å². The average molecular weight is 267 g/mol. The highest BCUT2D eigenvalue weighted by molar-refractivity contribution is 8.16. The number of ether oxygens (including phenoxy) is 1. The van der Waals surface area contributed by atoms with Gasteiger partial charge in [0.15, 0.2) is 0 Å². The Morgan fingerprint density at radius 2 is 2.07 bits per heavy atom. The maximum Gasteiger partial charge on any atom is 0.254 e. The van der Waals surface area contributed by atoms with E-state index in [-0.39, 0.29) is 0 Å². The maximum absolute atomic E-state index is 10.7. The van der Waals surface area contributed by atoms with Gasteiger partial charge in [0.25, 0.3) is 9.05 Å². The minimum Gasteiger partial charge on any atom is -0.496 e. The largest absolute Gasteiger partial charge is 0.496 e. The van der Waals surface area contributed by atoms with Gasteiger partial charge in [-0.15, -0.1) is 0 Å². The number of benzene rings is 1. The number of halogens is 2. The molecule has 1 aromatic rings. The molecule has 82 valence electrons. The van der Waals surface area contributed by atoms with E-state index in [9.17, 15) is 8.42 Å². The number of hydrogen-bond donors (Lipinski definition) is 0. The molecular formula is C9H8Cl2O3S. The Kier molecular flexibility index (Phi) is 4.02. The van der Waals surface area contributed by atoms with Gasteiger partial charge in [-0.3, -0.25) is 0 Å². The second kappa shape index (κ2) is 4.88. The molecule has 3 nitrogen and oxygen atoms in total. The molecule has 6 heteroatoms. The molecule has 0 amide bonds. The van der Waals surface area contributed by atoms with Gasteiger partial charge in [0.2, 0.25) is 0 Å². The maximum atomic E-state index is 10.7. The molecule has 0 saturated carbocycles. The van der Waals surface area contributed by atoms with Gasteiger partial charge < -0.3 is 4.74 Å². The Hall–Kier alpha value is -0.710. The lowest BCUT2D eigenvalue weighted by Gasteiger charge is -2.04. The van der Waals surface area contributed by atoms with Crippen LogP contribution < -0.4 is 4.74 Å². The summed E-state index contributed by atoms with van der Waals surface area (Å²) in [6, 6.07) is 4.85. The third-order valence-electron chi connectivity index (χ3n) is 1.61. The van der Waals surface area contributed by atoms with Crippen LogP contribution in [0, 0.1) is 0 Å². The summed E-state index contributed by atoms with van der Waals surface area (Å²) in [6.45, 7) is 0. The van der Waals surface area contributed by atoms with Crippen LogP contribution in [0.2, 0.25) is 5.02 Å². The van der Waals surface area contributed by atoms with Crippen LogP contribution in [0.5, 0.6) is 5.75 Å². The average Bonchev–Trinajstić information content (AvgIpc) is 2.14. The molecule has 0 unspecified atom stereocenters. The molecule has 0 N–H and O–H groups in total. The third kappa shape index (κ3) is 4.11. The van der Waals surface area contributed by atoms with Crippen LogP contribution in [-0.4, -0.2) is 15.5 Å². The van der Waals surface area contributed by atoms with Crippen LogP contribution in [-0.2, 0) is 9.05 Å². The molecule has 0 atom stereocenters. The Morgan fingerprint density at radius 3 is 2.60 bits per heavy atom. The van der Waals surface area contributed by atoms with E-state index in [0.717, 1.165) is 5.41 Å². The first-order valence-corrected chi connectivity index (χ1v) is 6.64. The zero-order chi connectivity index (χ0) is 11.5. The minimum atomic E-state index is -3.65. The predicted octanol–water partition coefficient (Wildman–Crippen LogP) is 2.89. The Morgan fingerprint density at radius 1 is 1.40 bits per heavy atom. The fourth-order valence-corrected chi connectivity index (χ4v) is 1.60. The Bertz CT molecular complexity index is 480. The highest BCUT2D eigenvalue weighted by Gasteiger charge is 2.02. The van der Waals surface area contributed by atoms with Crippen molar-refractivity contribution in [2.75, 3.05) is 7.11 Å². The summed E-state index contributed by atoms with van der Waals surface area (Å²) in [4.78, 5) is 0. The quantitative estimate of drug-likeness (QED) is 0.791. The van der Waals surface area contributed by atoms with Crippen molar-refractivity contribution < 1.29 is 13.2 Å². The number of rotatable bonds is 3. The summed E-state index contributed by atoms with van der Waals surface area (Å²) in [5.74, 6) is 0.485. The normalized spacial score (nSPS) is 11.9. The Labute approximate surface area is 97.7 Å². The predicted molar refractivity (Wildman–Crippen MR) is 61.8 cm³/mol. The second-order valence-electron chi connectivity index (χ2n) is 2.66. The molecule has 0 heterocycles. The lowest BCUT2D eigenvalue weighted by molar-refractivity contribution is 0.414. The molecular weight excluding hydrogens is 259 g/mol. The van der Waals surface area contributed by atoms with E-state index in [2.05, 4.69) is 0 Å². The molecule has 0 aliphatic heterocycles. The number of methoxy groups -OCH3 is 1. The van der Waals surface area contributed by atoms with E-state index < -0.39 is 9.05 Å². The fourth-order valence-electron chi connectivity index (χ4n) is 0.977. The van der Waals surface area contributed by atoms with Gasteiger partial charge in [-0.2, -0.15) is 0 Å². The smallest absolute Gasteiger partial charge is 0.254 e. The van der Waals surface area contributed by atoms with Gasteiger partial charge in [-0.25, -0.2) is 8.42 Å². The summed E-state index contributed by atoms with van der Waals surface area (Å²) in [6.07, 6.45) is 1.34. The standard InChI is InChI=1S/C9H8Cl2O3S/c1-14-9-6-8(10)3-2-7(9)4-5-15(11,12)13/h2-6H,1H3/b5-4+. The van der Waals surface area contributed by atoms with Crippen molar-refractivity contribution in [1.29, 1.82) is 0 Å². The van der Waals surface area contributed by atoms with Gasteiger partial charge in [0.1, 0.15) is 5.75 Å². The first kappa shape index (κ1) is 12.4. The molecule has 1 aromatic carbocycles. The van der Waals surface area contributed by atoms with E-state index in [1.807, 2.05) is 0 Å². The summed E-state index contributed by atoms with van der Waals surface area (Å²) < 4.78 is 26.4. The molecule has 0 aliphatic carbocycles. The number of hydrogen-bond acceptors (Lipinski definition) is 3. The molecule has 0 radical (unpaired) electrons. The van der Waals surface area contributed by atoms with E-state index in [1.165, 1.54) is 13.2 Å². The molecule has 0 spiro atoms. The highest BCUT2D eigenvalue weighted by Crippen LogP contribution is 2.24. The topological polar surface area (TPSA) is 43.4 Å². The van der Waals surface area contributed by atoms with Crippen molar-refractivity contribution in [2.45, 2.75) is 0 Å². The van der Waals surface area contributed by atoms with Crippen LogP contribution in [0.4, 0.5) is 0 Å². The van der Waals surface area contributed by atoms with Crippen LogP contribution in [0.15, 0.2) is 23.6 Å². The fraction of sp³-hybridized carbons (Fsp3) is 0.111. The van der Waals surface area contributed by atoms with Crippen molar-refractivity contribution in [3.8, 4) is 5.75 Å². The molecule has 0 aliphatic rings. The third-order valence-corrected chi connectivity index (χ3v) is 2.61. The van der Waals surface area contributed by atoms with Crippen LogP contribution in [0.25, 0.3) is 6.08 Å². The summed E-state index contributed by atoms with van der Waals surface area (Å²) in [5.41, 5.74) is 0.589. The second-order valence-corrected chi connectivity index (χ2v) is 5.61. The molecule has 15 heavy (non-hydrogen) atoms. The Balaban J connectivity index is 3.10. The van der Waals surface area contributed by atoms with Gasteiger partial charge >= 0.3 is 0 Å². The van der Waals surface area contributed by atoms with Gasteiger partial charge in [-0.05, 0) is 24.3 Å². The van der Waals surface area contributed by atoms with Crippen molar-refractivity contribution in [2.24, 2.45) is 0 Å². The van der Waals surface area contributed by atoms with Gasteiger partial charge in [0, 0.05) is 26.7 Å². The van der Waals surface area contributed by atoms with Crippen LogP contribution >= 0.6 is 22.3 Å². The molecule has 1 rings (SSSR count). The summed E-state index contributed by atoms with van der Waals surface area (Å²) in [7, 11) is 2.84. The van der Waals surface area contributed by atoms with E-state index in [0.29, 0.717) is 16.3 Å². The monoisotopic (exact) mass is 266 g/mol. The van der Waals surface area contributed by atoms with Crippen molar-refractivity contribution in [3.63, 3.8) is 0 Å². The molecule has 0 saturated heterocycles. The summed E-state index contributed by atoms with van der Waals surface area (Å²) in [5, 5.41) is 1.40. The summed E-state index contributed by atoms with van der Waals surface area (Å²) >= 11 is 5.74. The van der Waals surface area contributed by atoms with Crippen LogP contribution in [0.1, 0.15) is 5.56 Å². The first-order valence-electron chi connectivity index (χ1n) is 3.88. The molecule has 0 bridgehead atoms. The van der Waals surface area contributed by atoms with Crippen molar-refractivity contribution in [1.82, 2.24) is 0 Å². The zero-order valence-corrected chi connectivity index (χ0v) is 10.1. The van der Waals surface area contributed by atoms with Crippen LogP contribution in [0.3, 0.4) is 0 Å². The lowest BCUT2D eigenvalue weighted by atomic mass is 10.2.